The Morgan fingerprint density at radius 2 is 1.76 bits per heavy atom. The van der Waals surface area contributed by atoms with Crippen LogP contribution in [0, 0.1) is 5.41 Å². The average molecular weight is 285 g/mol. The third kappa shape index (κ3) is 3.32. The lowest BCUT2D eigenvalue weighted by Crippen LogP contribution is -2.42. The second-order valence-electron chi connectivity index (χ2n) is 6.99. The van der Waals surface area contributed by atoms with Gasteiger partial charge in [-0.25, -0.2) is 4.98 Å². The number of hydrogen-bond donors (Lipinski definition) is 2. The topological polar surface area (TPSA) is 58.0 Å². The second-order valence-corrected chi connectivity index (χ2v) is 6.99. The molecule has 1 fully saturated rings. The molecule has 4 heteroatoms. The summed E-state index contributed by atoms with van der Waals surface area (Å²) in [7, 11) is 0. The molecule has 2 N–H and O–H groups in total. The molecule has 4 nitrogen and oxygen atoms in total. The third-order valence-corrected chi connectivity index (χ3v) is 4.58. The summed E-state index contributed by atoms with van der Waals surface area (Å²) in [4.78, 5) is 8.92. The number of nitrogens with zero attached hydrogens (tertiary/aromatic N) is 2. The van der Waals surface area contributed by atoms with Crippen LogP contribution in [-0.2, 0) is 0 Å². The van der Waals surface area contributed by atoms with Crippen molar-refractivity contribution in [3.05, 3.63) is 30.5 Å². The molecule has 112 valence electrons. The highest BCUT2D eigenvalue weighted by Crippen LogP contribution is 2.40. The van der Waals surface area contributed by atoms with Crippen LogP contribution in [0.3, 0.4) is 0 Å². The van der Waals surface area contributed by atoms with Crippen LogP contribution in [0.5, 0.6) is 0 Å². The first kappa shape index (κ1) is 14.3. The molecule has 0 bridgehead atoms. The van der Waals surface area contributed by atoms with E-state index in [1.807, 2.05) is 24.3 Å². The fraction of sp³-hybridized carbons (Fsp3) is 0.529. The van der Waals surface area contributed by atoms with Gasteiger partial charge in [-0.05, 0) is 43.2 Å². The monoisotopic (exact) mass is 285 g/mol. The molecule has 1 aromatic carbocycles. The first-order valence-electron chi connectivity index (χ1n) is 7.64. The number of nitrogens with one attached hydrogen (secondary N) is 1. The van der Waals surface area contributed by atoms with Crippen molar-refractivity contribution in [1.82, 2.24) is 9.97 Å². The smallest absolute Gasteiger partial charge is 0.145 e. The van der Waals surface area contributed by atoms with E-state index in [0.29, 0.717) is 12.0 Å². The van der Waals surface area contributed by atoms with Crippen LogP contribution < -0.4 is 5.32 Å². The molecule has 2 aromatic rings. The van der Waals surface area contributed by atoms with Crippen LogP contribution in [0.25, 0.3) is 11.0 Å². The largest absolute Gasteiger partial charge is 0.388 e. The maximum Gasteiger partial charge on any atom is 0.145 e. The van der Waals surface area contributed by atoms with Crippen LogP contribution in [-0.4, -0.2) is 27.2 Å². The van der Waals surface area contributed by atoms with E-state index in [1.165, 1.54) is 0 Å². The number of hydrogen-bond acceptors (Lipinski definition) is 4. The van der Waals surface area contributed by atoms with Gasteiger partial charge in [-0.3, -0.25) is 4.98 Å². The predicted octanol–water partition coefficient (Wildman–Crippen LogP) is 3.37. The first-order chi connectivity index (χ1) is 9.96. The number of anilines is 1. The van der Waals surface area contributed by atoms with E-state index in [9.17, 15) is 5.11 Å². The van der Waals surface area contributed by atoms with Crippen LogP contribution in [0.2, 0.25) is 0 Å². The van der Waals surface area contributed by atoms with Gasteiger partial charge in [0.1, 0.15) is 5.82 Å². The summed E-state index contributed by atoms with van der Waals surface area (Å²) < 4.78 is 0. The summed E-state index contributed by atoms with van der Waals surface area (Å²) in [6.45, 7) is 5.08. The lowest BCUT2D eigenvalue weighted by molar-refractivity contribution is -0.0145. The van der Waals surface area contributed by atoms with Gasteiger partial charge < -0.3 is 10.4 Å². The fourth-order valence-electron chi connectivity index (χ4n) is 2.87. The predicted molar refractivity (Wildman–Crippen MR) is 85.2 cm³/mol. The van der Waals surface area contributed by atoms with Crippen molar-refractivity contribution < 1.29 is 5.11 Å². The first-order valence-corrected chi connectivity index (χ1v) is 7.64. The van der Waals surface area contributed by atoms with E-state index in [4.69, 9.17) is 0 Å². The number of fused-ring (bicyclic) bond motifs is 1. The molecule has 21 heavy (non-hydrogen) atoms. The van der Waals surface area contributed by atoms with Gasteiger partial charge in [0.25, 0.3) is 0 Å². The maximum atomic E-state index is 10.7. The van der Waals surface area contributed by atoms with Crippen molar-refractivity contribution in [1.29, 1.82) is 0 Å². The zero-order valence-electron chi connectivity index (χ0n) is 12.8. The minimum atomic E-state index is -0.622. The van der Waals surface area contributed by atoms with Crippen molar-refractivity contribution in [3.8, 4) is 0 Å². The number of benzene rings is 1. The van der Waals surface area contributed by atoms with Gasteiger partial charge in [0, 0.05) is 6.54 Å². The van der Waals surface area contributed by atoms with Gasteiger partial charge in [0.05, 0.1) is 22.8 Å². The zero-order chi connectivity index (χ0) is 14.9. The molecule has 0 amide bonds. The Bertz CT molecular complexity index is 629. The molecule has 0 radical (unpaired) electrons. The van der Waals surface area contributed by atoms with Crippen LogP contribution in [0.15, 0.2) is 30.5 Å². The Balaban J connectivity index is 1.66. The Hall–Kier alpha value is -1.68. The molecular formula is C17H23N3O. The van der Waals surface area contributed by atoms with Gasteiger partial charge in [0.15, 0.2) is 0 Å². The fourth-order valence-corrected chi connectivity index (χ4v) is 2.87. The van der Waals surface area contributed by atoms with E-state index in [1.54, 1.807) is 6.20 Å². The SMILES string of the molecule is CC1(C)CCC(O)(CNc2cnc3ccccc3n2)CC1. The lowest BCUT2D eigenvalue weighted by atomic mass is 9.71. The molecule has 0 atom stereocenters. The van der Waals surface area contributed by atoms with E-state index < -0.39 is 5.60 Å². The highest BCUT2D eigenvalue weighted by molar-refractivity contribution is 5.75. The standard InChI is InChI=1S/C17H23N3O/c1-16(2)7-9-17(21,10-8-16)12-19-15-11-18-13-5-3-4-6-14(13)20-15/h3-6,11,21H,7-10,12H2,1-2H3,(H,19,20). The van der Waals surface area contributed by atoms with E-state index >= 15 is 0 Å². The van der Waals surface area contributed by atoms with Crippen LogP contribution >= 0.6 is 0 Å². The summed E-state index contributed by atoms with van der Waals surface area (Å²) in [6.07, 6.45) is 5.55. The van der Waals surface area contributed by atoms with E-state index in [2.05, 4.69) is 29.1 Å². The molecule has 0 unspecified atom stereocenters. The summed E-state index contributed by atoms with van der Waals surface area (Å²) in [6, 6.07) is 7.81. The number of aromatic nitrogens is 2. The highest BCUT2D eigenvalue weighted by atomic mass is 16.3. The molecule has 1 heterocycles. The molecule has 1 saturated carbocycles. The van der Waals surface area contributed by atoms with Gasteiger partial charge >= 0.3 is 0 Å². The van der Waals surface area contributed by atoms with Gasteiger partial charge in [-0.15, -0.1) is 0 Å². The van der Waals surface area contributed by atoms with Crippen molar-refractivity contribution in [2.75, 3.05) is 11.9 Å². The number of aliphatic hydroxyl groups is 1. The molecule has 1 aliphatic rings. The van der Waals surface area contributed by atoms with Gasteiger partial charge in [-0.1, -0.05) is 26.0 Å². The third-order valence-electron chi connectivity index (χ3n) is 4.58. The molecule has 1 aliphatic carbocycles. The van der Waals surface area contributed by atoms with Crippen molar-refractivity contribution in [2.24, 2.45) is 5.41 Å². The summed E-state index contributed by atoms with van der Waals surface area (Å²) >= 11 is 0. The molecule has 0 saturated heterocycles. The minimum Gasteiger partial charge on any atom is -0.388 e. The second kappa shape index (κ2) is 5.26. The molecule has 0 spiro atoms. The summed E-state index contributed by atoms with van der Waals surface area (Å²) in [5.41, 5.74) is 1.50. The Morgan fingerprint density at radius 1 is 1.10 bits per heavy atom. The normalized spacial score (nSPS) is 20.3. The number of para-hydroxylation sites is 2. The molecule has 1 aromatic heterocycles. The zero-order valence-corrected chi connectivity index (χ0v) is 12.8. The van der Waals surface area contributed by atoms with Gasteiger partial charge in [0.2, 0.25) is 0 Å². The molecular weight excluding hydrogens is 262 g/mol. The Kier molecular flexibility index (Phi) is 3.57. The number of rotatable bonds is 3. The van der Waals surface area contributed by atoms with Crippen molar-refractivity contribution in [3.63, 3.8) is 0 Å². The molecule has 3 rings (SSSR count). The minimum absolute atomic E-state index is 0.356. The maximum absolute atomic E-state index is 10.7. The molecule has 0 aliphatic heterocycles. The van der Waals surface area contributed by atoms with E-state index in [-0.39, 0.29) is 0 Å². The lowest BCUT2D eigenvalue weighted by Gasteiger charge is -2.40. The van der Waals surface area contributed by atoms with Crippen LogP contribution in [0.4, 0.5) is 5.82 Å². The summed E-state index contributed by atoms with van der Waals surface area (Å²) in [5, 5.41) is 13.9. The Morgan fingerprint density at radius 3 is 2.48 bits per heavy atom. The summed E-state index contributed by atoms with van der Waals surface area (Å²) in [5.74, 6) is 0.729. The Labute approximate surface area is 125 Å². The van der Waals surface area contributed by atoms with Crippen LogP contribution in [0.1, 0.15) is 39.5 Å². The van der Waals surface area contributed by atoms with Gasteiger partial charge in [-0.2, -0.15) is 0 Å². The highest BCUT2D eigenvalue weighted by Gasteiger charge is 2.36. The van der Waals surface area contributed by atoms with E-state index in [0.717, 1.165) is 42.5 Å². The van der Waals surface area contributed by atoms with Crippen molar-refractivity contribution >= 4 is 16.9 Å². The average Bonchev–Trinajstić information content (AvgIpc) is 2.49. The van der Waals surface area contributed by atoms with Crippen molar-refractivity contribution in [2.45, 2.75) is 45.1 Å². The quantitative estimate of drug-likeness (QED) is 0.907.